The summed E-state index contributed by atoms with van der Waals surface area (Å²) in [6.07, 6.45) is 0. The average molecular weight is 297 g/mol. The van der Waals surface area contributed by atoms with E-state index >= 15 is 0 Å². The molecule has 0 amide bonds. The highest BCUT2D eigenvalue weighted by Gasteiger charge is 2.14. The van der Waals surface area contributed by atoms with Crippen LogP contribution in [0.5, 0.6) is 0 Å². The fraction of sp³-hybridized carbons (Fsp3) is 0.143. The third kappa shape index (κ3) is 1.89. The number of hydrogen-bond acceptors (Lipinski definition) is 3. The highest BCUT2D eigenvalue weighted by molar-refractivity contribution is 14.1. The van der Waals surface area contributed by atoms with E-state index in [1.165, 1.54) is 6.07 Å². The second-order valence-electron chi connectivity index (χ2n) is 2.26. The minimum atomic E-state index is -3.17. The van der Waals surface area contributed by atoms with Gasteiger partial charge < -0.3 is 5.73 Å². The minimum absolute atomic E-state index is 0.0545. The Kier molecular flexibility index (Phi) is 2.94. The van der Waals surface area contributed by atoms with Gasteiger partial charge in [-0.05, 0) is 12.1 Å². The van der Waals surface area contributed by atoms with E-state index in [9.17, 15) is 8.42 Å². The van der Waals surface area contributed by atoms with Crippen LogP contribution in [0.25, 0.3) is 0 Å². The van der Waals surface area contributed by atoms with E-state index < -0.39 is 9.84 Å². The molecular weight excluding hydrogens is 289 g/mol. The Balaban J connectivity index is 3.30. The lowest BCUT2D eigenvalue weighted by Gasteiger charge is -2.02. The molecule has 1 aromatic carbocycles. The number of hydrogen-bond donors (Lipinski definition) is 1. The van der Waals surface area contributed by atoms with Crippen LogP contribution in [0.1, 0.15) is 0 Å². The fourth-order valence-electron chi connectivity index (χ4n) is 0.823. The summed E-state index contributed by atoms with van der Waals surface area (Å²) >= 11 is 1.81. The number of anilines is 1. The Morgan fingerprint density at radius 1 is 1.33 bits per heavy atom. The first-order valence-electron chi connectivity index (χ1n) is 3.21. The van der Waals surface area contributed by atoms with Gasteiger partial charge in [0, 0.05) is 0 Å². The molecular formula is C7H8INO2S. The van der Waals surface area contributed by atoms with Crippen molar-refractivity contribution < 1.29 is 8.42 Å². The van der Waals surface area contributed by atoms with Gasteiger partial charge in [0.2, 0.25) is 0 Å². The molecule has 0 fully saturated rings. The summed E-state index contributed by atoms with van der Waals surface area (Å²) in [5, 5.41) is 0. The maximum atomic E-state index is 11.3. The van der Waals surface area contributed by atoms with Crippen LogP contribution in [-0.4, -0.2) is 12.2 Å². The molecule has 0 saturated carbocycles. The third-order valence-electron chi connectivity index (χ3n) is 1.40. The molecule has 0 bridgehead atoms. The van der Waals surface area contributed by atoms with Gasteiger partial charge >= 0.3 is 0 Å². The second kappa shape index (κ2) is 3.61. The maximum Gasteiger partial charge on any atom is 0.189 e. The highest BCUT2D eigenvalue weighted by atomic mass is 127. The van der Waals surface area contributed by atoms with Crippen LogP contribution in [0.3, 0.4) is 0 Å². The Hall–Kier alpha value is -0.300. The van der Waals surface area contributed by atoms with E-state index in [0.717, 1.165) is 0 Å². The number of para-hydroxylation sites is 1. The zero-order valence-corrected chi connectivity index (χ0v) is 9.17. The molecule has 0 aliphatic carbocycles. The quantitative estimate of drug-likeness (QED) is 0.510. The van der Waals surface area contributed by atoms with Crippen LogP contribution >= 0.6 is 22.6 Å². The van der Waals surface area contributed by atoms with Gasteiger partial charge in [-0.1, -0.05) is 34.7 Å². The third-order valence-corrected chi connectivity index (χ3v) is 5.19. The summed E-state index contributed by atoms with van der Waals surface area (Å²) in [7, 11) is -3.17. The zero-order chi connectivity index (χ0) is 9.19. The number of nitrogens with two attached hydrogens (primary N) is 1. The molecule has 1 rings (SSSR count). The van der Waals surface area contributed by atoms with Crippen molar-refractivity contribution in [2.75, 3.05) is 9.49 Å². The van der Waals surface area contributed by atoms with Crippen LogP contribution in [0.2, 0.25) is 0 Å². The Morgan fingerprint density at radius 2 is 1.92 bits per heavy atom. The SMILES string of the molecule is Nc1ccccc1S(=O)(=O)CI. The standard InChI is InChI=1S/C7H8INO2S/c8-5-12(10,11)7-4-2-1-3-6(7)9/h1-4H,5,9H2. The number of alkyl halides is 1. The van der Waals surface area contributed by atoms with Crippen molar-refractivity contribution in [1.82, 2.24) is 0 Å². The molecule has 0 atom stereocenters. The van der Waals surface area contributed by atoms with E-state index in [-0.39, 0.29) is 8.66 Å². The van der Waals surface area contributed by atoms with Gasteiger partial charge in [0.15, 0.2) is 9.84 Å². The lowest BCUT2D eigenvalue weighted by atomic mass is 10.3. The average Bonchev–Trinajstić information content (AvgIpc) is 2.05. The van der Waals surface area contributed by atoms with Crippen LogP contribution in [0.4, 0.5) is 5.69 Å². The molecule has 3 nitrogen and oxygen atoms in total. The first kappa shape index (κ1) is 9.79. The predicted molar refractivity (Wildman–Crippen MR) is 56.9 cm³/mol. The smallest absolute Gasteiger partial charge is 0.189 e. The van der Waals surface area contributed by atoms with Crippen molar-refractivity contribution >= 4 is 38.1 Å². The van der Waals surface area contributed by atoms with Crippen LogP contribution in [0.15, 0.2) is 29.2 Å². The summed E-state index contributed by atoms with van der Waals surface area (Å²) in [5.74, 6) is 0. The van der Waals surface area contributed by atoms with Crippen molar-refractivity contribution in [3.63, 3.8) is 0 Å². The molecule has 0 aliphatic rings. The molecule has 0 aromatic heterocycles. The van der Waals surface area contributed by atoms with E-state index in [0.29, 0.717) is 5.69 Å². The second-order valence-corrected chi connectivity index (χ2v) is 6.02. The first-order chi connectivity index (χ1) is 5.58. The zero-order valence-electron chi connectivity index (χ0n) is 6.20. The molecule has 0 spiro atoms. The van der Waals surface area contributed by atoms with Gasteiger partial charge in [-0.2, -0.15) is 0 Å². The molecule has 2 N–H and O–H groups in total. The summed E-state index contributed by atoms with van der Waals surface area (Å²) in [6.45, 7) is 0. The topological polar surface area (TPSA) is 60.2 Å². The van der Waals surface area contributed by atoms with Crippen molar-refractivity contribution in [2.45, 2.75) is 4.90 Å². The molecule has 1 aromatic rings. The normalized spacial score (nSPS) is 11.4. The van der Waals surface area contributed by atoms with Gasteiger partial charge in [-0.15, -0.1) is 0 Å². The van der Waals surface area contributed by atoms with E-state index in [2.05, 4.69) is 0 Å². The molecule has 5 heteroatoms. The van der Waals surface area contributed by atoms with Crippen LogP contribution < -0.4 is 5.73 Å². The van der Waals surface area contributed by atoms with Gasteiger partial charge in [-0.3, -0.25) is 0 Å². The van der Waals surface area contributed by atoms with Crippen molar-refractivity contribution in [3.05, 3.63) is 24.3 Å². The molecule has 0 radical (unpaired) electrons. The molecule has 12 heavy (non-hydrogen) atoms. The monoisotopic (exact) mass is 297 g/mol. The lowest BCUT2D eigenvalue weighted by molar-refractivity contribution is 0.602. The van der Waals surface area contributed by atoms with Gasteiger partial charge in [0.25, 0.3) is 0 Å². The predicted octanol–water partition coefficient (Wildman–Crippen LogP) is 1.44. The van der Waals surface area contributed by atoms with Gasteiger partial charge in [0.1, 0.15) is 3.76 Å². The number of sulfone groups is 1. The lowest BCUT2D eigenvalue weighted by Crippen LogP contribution is -2.04. The van der Waals surface area contributed by atoms with E-state index in [4.69, 9.17) is 5.73 Å². The molecule has 0 heterocycles. The number of halogens is 1. The van der Waals surface area contributed by atoms with Gasteiger partial charge in [0.05, 0.1) is 10.6 Å². The summed E-state index contributed by atoms with van der Waals surface area (Å²) < 4.78 is 22.7. The minimum Gasteiger partial charge on any atom is -0.398 e. The van der Waals surface area contributed by atoms with E-state index in [1.54, 1.807) is 40.8 Å². The molecule has 0 aliphatic heterocycles. The summed E-state index contributed by atoms with van der Waals surface area (Å²) in [4.78, 5) is 0.222. The Morgan fingerprint density at radius 3 is 2.42 bits per heavy atom. The number of benzene rings is 1. The number of rotatable bonds is 2. The fourth-order valence-corrected chi connectivity index (χ4v) is 2.66. The number of nitrogen functional groups attached to an aromatic ring is 1. The first-order valence-corrected chi connectivity index (χ1v) is 6.39. The van der Waals surface area contributed by atoms with Crippen molar-refractivity contribution in [2.24, 2.45) is 0 Å². The largest absolute Gasteiger partial charge is 0.398 e. The summed E-state index contributed by atoms with van der Waals surface area (Å²) in [5.41, 5.74) is 5.81. The van der Waals surface area contributed by atoms with Crippen molar-refractivity contribution in [1.29, 1.82) is 0 Å². The molecule has 66 valence electrons. The summed E-state index contributed by atoms with van der Waals surface area (Å²) in [6, 6.07) is 6.47. The molecule has 0 unspecified atom stereocenters. The van der Waals surface area contributed by atoms with E-state index in [1.807, 2.05) is 0 Å². The van der Waals surface area contributed by atoms with Gasteiger partial charge in [-0.25, -0.2) is 8.42 Å². The van der Waals surface area contributed by atoms with Crippen molar-refractivity contribution in [3.8, 4) is 0 Å². The van der Waals surface area contributed by atoms with Crippen LogP contribution in [-0.2, 0) is 9.84 Å². The van der Waals surface area contributed by atoms with Crippen LogP contribution in [0, 0.1) is 0 Å². The highest BCUT2D eigenvalue weighted by Crippen LogP contribution is 2.19. The Labute approximate surface area is 85.0 Å². The maximum absolute atomic E-state index is 11.3. The molecule has 0 saturated heterocycles. The Bertz CT molecular complexity index is 375.